The maximum absolute atomic E-state index is 13.2. The molecule has 0 saturated carbocycles. The van der Waals surface area contributed by atoms with Crippen molar-refractivity contribution >= 4 is 17.6 Å². The number of hydrogen-bond acceptors (Lipinski definition) is 3. The maximum atomic E-state index is 13.2. The van der Waals surface area contributed by atoms with Crippen molar-refractivity contribution in [2.45, 2.75) is 26.2 Å². The van der Waals surface area contributed by atoms with Crippen LogP contribution in [0.5, 0.6) is 0 Å². The maximum Gasteiger partial charge on any atom is 0.338 e. The van der Waals surface area contributed by atoms with Gasteiger partial charge in [0.1, 0.15) is 5.82 Å². The van der Waals surface area contributed by atoms with Gasteiger partial charge < -0.3 is 16.2 Å². The zero-order valence-electron chi connectivity index (χ0n) is 11.4. The summed E-state index contributed by atoms with van der Waals surface area (Å²) in [5.74, 6) is -2.06. The Kier molecular flexibility index (Phi) is 6.11. The van der Waals surface area contributed by atoms with Gasteiger partial charge >= 0.3 is 5.97 Å². The van der Waals surface area contributed by atoms with E-state index in [0.717, 1.165) is 18.6 Å². The Morgan fingerprint density at radius 1 is 1.40 bits per heavy atom. The second-order valence-electron chi connectivity index (χ2n) is 4.77. The van der Waals surface area contributed by atoms with E-state index in [9.17, 15) is 14.0 Å². The molecule has 6 heteroatoms. The summed E-state index contributed by atoms with van der Waals surface area (Å²) < 4.78 is 13.2. The lowest BCUT2D eigenvalue weighted by atomic mass is 10.0. The molecule has 0 aliphatic heterocycles. The van der Waals surface area contributed by atoms with Gasteiger partial charge in [0.2, 0.25) is 5.91 Å². The lowest BCUT2D eigenvalue weighted by Crippen LogP contribution is -2.14. The molecule has 0 saturated heterocycles. The Labute approximate surface area is 117 Å². The van der Waals surface area contributed by atoms with Gasteiger partial charge in [-0.25, -0.2) is 9.18 Å². The molecule has 1 aromatic carbocycles. The topological polar surface area (TPSA) is 92.4 Å². The van der Waals surface area contributed by atoms with E-state index in [4.69, 9.17) is 10.8 Å². The molecule has 0 heterocycles. The van der Waals surface area contributed by atoms with Crippen LogP contribution >= 0.6 is 0 Å². The van der Waals surface area contributed by atoms with E-state index in [0.29, 0.717) is 25.3 Å². The van der Waals surface area contributed by atoms with E-state index >= 15 is 0 Å². The first kappa shape index (κ1) is 16.1. The highest BCUT2D eigenvalue weighted by molar-refractivity contribution is 5.94. The van der Waals surface area contributed by atoms with E-state index < -0.39 is 17.3 Å². The number of rotatable bonds is 7. The van der Waals surface area contributed by atoms with Crippen LogP contribution in [0.4, 0.5) is 10.1 Å². The first-order valence-electron chi connectivity index (χ1n) is 6.46. The van der Waals surface area contributed by atoms with E-state index in [2.05, 4.69) is 5.32 Å². The van der Waals surface area contributed by atoms with Gasteiger partial charge in [-0.3, -0.25) is 4.79 Å². The van der Waals surface area contributed by atoms with Crippen molar-refractivity contribution < 1.29 is 19.1 Å². The molecule has 1 atom stereocenters. The number of carbonyl (C=O) groups is 2. The summed E-state index contributed by atoms with van der Waals surface area (Å²) in [5.41, 5.74) is 5.25. The molecule has 0 spiro atoms. The van der Waals surface area contributed by atoms with Gasteiger partial charge in [-0.1, -0.05) is 6.92 Å². The van der Waals surface area contributed by atoms with Gasteiger partial charge in [-0.2, -0.15) is 0 Å². The Morgan fingerprint density at radius 2 is 2.10 bits per heavy atom. The van der Waals surface area contributed by atoms with Crippen LogP contribution < -0.4 is 11.1 Å². The van der Waals surface area contributed by atoms with Crippen molar-refractivity contribution in [3.05, 3.63) is 29.6 Å². The number of aromatic carboxylic acids is 1. The summed E-state index contributed by atoms with van der Waals surface area (Å²) >= 11 is 0. The molecule has 20 heavy (non-hydrogen) atoms. The van der Waals surface area contributed by atoms with Gasteiger partial charge in [-0.15, -0.1) is 0 Å². The Morgan fingerprint density at radius 3 is 2.70 bits per heavy atom. The molecule has 0 radical (unpaired) electrons. The molecular weight excluding hydrogens is 263 g/mol. The summed E-state index contributed by atoms with van der Waals surface area (Å²) in [6, 6.07) is 3.47. The average molecular weight is 282 g/mol. The van der Waals surface area contributed by atoms with E-state index in [1.54, 1.807) is 0 Å². The third-order valence-electron chi connectivity index (χ3n) is 3.00. The molecule has 0 bridgehead atoms. The number of anilines is 1. The molecule has 0 aromatic heterocycles. The Balaban J connectivity index is 2.58. The number of amides is 1. The summed E-state index contributed by atoms with van der Waals surface area (Å²) in [7, 11) is 0. The van der Waals surface area contributed by atoms with Gasteiger partial charge in [0.05, 0.1) is 5.56 Å². The van der Waals surface area contributed by atoms with Gasteiger partial charge in [0.25, 0.3) is 0 Å². The largest absolute Gasteiger partial charge is 0.478 e. The standard InChI is InChI=1S/C14H19FN2O3/c1-9(6-7-16)2-5-13(18)17-10-3-4-12(15)11(8-10)14(19)20/h3-4,8-9H,2,5-7,16H2,1H3,(H,17,18)(H,19,20). The number of halogens is 1. The summed E-state index contributed by atoms with van der Waals surface area (Å²) in [6.45, 7) is 2.60. The first-order valence-corrected chi connectivity index (χ1v) is 6.46. The molecule has 0 aliphatic carbocycles. The fraction of sp³-hybridized carbons (Fsp3) is 0.429. The smallest absolute Gasteiger partial charge is 0.338 e. The van der Waals surface area contributed by atoms with Crippen molar-refractivity contribution in [2.24, 2.45) is 11.7 Å². The molecule has 1 unspecified atom stereocenters. The van der Waals surface area contributed by atoms with Crippen molar-refractivity contribution in [3.63, 3.8) is 0 Å². The molecule has 1 amide bonds. The third-order valence-corrected chi connectivity index (χ3v) is 3.00. The number of benzene rings is 1. The van der Waals surface area contributed by atoms with Gasteiger partial charge in [0, 0.05) is 12.1 Å². The summed E-state index contributed by atoms with van der Waals surface area (Å²) in [6.07, 6.45) is 1.88. The number of hydrogen-bond donors (Lipinski definition) is 3. The van der Waals surface area contributed by atoms with E-state index in [1.807, 2.05) is 6.92 Å². The van der Waals surface area contributed by atoms with Crippen molar-refractivity contribution in [1.29, 1.82) is 0 Å². The number of carboxylic acids is 1. The second-order valence-corrected chi connectivity index (χ2v) is 4.77. The first-order chi connectivity index (χ1) is 9.43. The highest BCUT2D eigenvalue weighted by atomic mass is 19.1. The Bertz CT molecular complexity index is 491. The van der Waals surface area contributed by atoms with Crippen LogP contribution in [0.25, 0.3) is 0 Å². The van der Waals surface area contributed by atoms with Crippen molar-refractivity contribution in [1.82, 2.24) is 0 Å². The number of nitrogens with one attached hydrogen (secondary N) is 1. The van der Waals surface area contributed by atoms with Gasteiger partial charge in [-0.05, 0) is 43.5 Å². The minimum absolute atomic E-state index is 0.225. The van der Waals surface area contributed by atoms with Crippen LogP contribution in [0.2, 0.25) is 0 Å². The average Bonchev–Trinajstić information content (AvgIpc) is 2.39. The summed E-state index contributed by atoms with van der Waals surface area (Å²) in [4.78, 5) is 22.5. The predicted octanol–water partition coefficient (Wildman–Crippen LogP) is 2.23. The fourth-order valence-corrected chi connectivity index (χ4v) is 1.80. The SMILES string of the molecule is CC(CCN)CCC(=O)Nc1ccc(F)c(C(=O)O)c1. The monoisotopic (exact) mass is 282 g/mol. The molecule has 110 valence electrons. The highest BCUT2D eigenvalue weighted by Gasteiger charge is 2.12. The van der Waals surface area contributed by atoms with Crippen LogP contribution in [-0.2, 0) is 4.79 Å². The minimum atomic E-state index is -1.37. The van der Waals surface area contributed by atoms with Crippen LogP contribution in [0.15, 0.2) is 18.2 Å². The van der Waals surface area contributed by atoms with Crippen LogP contribution in [-0.4, -0.2) is 23.5 Å². The predicted molar refractivity (Wildman–Crippen MR) is 74.1 cm³/mol. The Hall–Kier alpha value is -1.95. The second kappa shape index (κ2) is 7.59. The fourth-order valence-electron chi connectivity index (χ4n) is 1.80. The quantitative estimate of drug-likeness (QED) is 0.715. The molecule has 1 rings (SSSR count). The number of nitrogens with two attached hydrogens (primary N) is 1. The van der Waals surface area contributed by atoms with Gasteiger partial charge in [0.15, 0.2) is 0 Å². The number of carbonyl (C=O) groups excluding carboxylic acids is 1. The number of carboxylic acid groups (broad SMARTS) is 1. The highest BCUT2D eigenvalue weighted by Crippen LogP contribution is 2.16. The van der Waals surface area contributed by atoms with Crippen LogP contribution in [0.3, 0.4) is 0 Å². The minimum Gasteiger partial charge on any atom is -0.478 e. The van der Waals surface area contributed by atoms with E-state index in [1.165, 1.54) is 6.07 Å². The molecule has 1 aromatic rings. The van der Waals surface area contributed by atoms with Crippen molar-refractivity contribution in [2.75, 3.05) is 11.9 Å². The third kappa shape index (κ3) is 4.97. The molecular formula is C14H19FN2O3. The zero-order valence-corrected chi connectivity index (χ0v) is 11.4. The lowest BCUT2D eigenvalue weighted by molar-refractivity contribution is -0.116. The van der Waals surface area contributed by atoms with Crippen LogP contribution in [0, 0.1) is 11.7 Å². The zero-order chi connectivity index (χ0) is 15.1. The summed E-state index contributed by atoms with van der Waals surface area (Å²) in [5, 5.41) is 11.4. The molecule has 5 nitrogen and oxygen atoms in total. The van der Waals surface area contributed by atoms with E-state index in [-0.39, 0.29) is 11.6 Å². The molecule has 0 aliphatic rings. The normalized spacial score (nSPS) is 11.9. The molecule has 4 N–H and O–H groups in total. The lowest BCUT2D eigenvalue weighted by Gasteiger charge is -2.10. The van der Waals surface area contributed by atoms with Crippen LogP contribution in [0.1, 0.15) is 36.5 Å². The molecule has 0 fully saturated rings. The van der Waals surface area contributed by atoms with Crippen molar-refractivity contribution in [3.8, 4) is 0 Å².